The molecule has 2 unspecified atom stereocenters. The van der Waals surface area contributed by atoms with E-state index in [1.807, 2.05) is 6.07 Å². The van der Waals surface area contributed by atoms with Gasteiger partial charge in [0, 0.05) is 18.5 Å². The molecule has 1 aliphatic carbocycles. The van der Waals surface area contributed by atoms with Crippen molar-refractivity contribution in [2.24, 2.45) is 11.7 Å². The molecular weight excluding hydrogens is 234 g/mol. The SMILES string of the molecule is CN(c1ccc2ccccc2n1)C1CCCC1CN. The van der Waals surface area contributed by atoms with Gasteiger partial charge in [-0.25, -0.2) is 4.98 Å². The normalized spacial score (nSPS) is 22.8. The predicted molar refractivity (Wildman–Crippen MR) is 80.3 cm³/mol. The monoisotopic (exact) mass is 255 g/mol. The second-order valence-electron chi connectivity index (χ2n) is 5.47. The van der Waals surface area contributed by atoms with Gasteiger partial charge in [-0.2, -0.15) is 0 Å². The Hall–Kier alpha value is -1.61. The molecule has 1 aromatic carbocycles. The highest BCUT2D eigenvalue weighted by Gasteiger charge is 2.29. The molecule has 1 saturated carbocycles. The van der Waals surface area contributed by atoms with Gasteiger partial charge in [0.05, 0.1) is 5.52 Å². The van der Waals surface area contributed by atoms with E-state index in [1.54, 1.807) is 0 Å². The molecule has 0 spiro atoms. The van der Waals surface area contributed by atoms with Gasteiger partial charge in [-0.05, 0) is 43.5 Å². The van der Waals surface area contributed by atoms with Crippen LogP contribution in [0.1, 0.15) is 19.3 Å². The molecule has 3 nitrogen and oxygen atoms in total. The summed E-state index contributed by atoms with van der Waals surface area (Å²) in [5.41, 5.74) is 6.95. The number of hydrogen-bond acceptors (Lipinski definition) is 3. The van der Waals surface area contributed by atoms with Gasteiger partial charge in [0.15, 0.2) is 0 Å². The lowest BCUT2D eigenvalue weighted by Crippen LogP contribution is -2.38. The number of pyridine rings is 1. The van der Waals surface area contributed by atoms with Crippen LogP contribution in [-0.2, 0) is 0 Å². The van der Waals surface area contributed by atoms with E-state index in [4.69, 9.17) is 10.7 Å². The summed E-state index contributed by atoms with van der Waals surface area (Å²) in [5, 5.41) is 1.20. The third-order valence-electron chi connectivity index (χ3n) is 4.36. The molecule has 0 bridgehead atoms. The van der Waals surface area contributed by atoms with Crippen molar-refractivity contribution >= 4 is 16.7 Å². The highest BCUT2D eigenvalue weighted by molar-refractivity contribution is 5.80. The molecule has 0 saturated heterocycles. The van der Waals surface area contributed by atoms with Crippen LogP contribution in [0, 0.1) is 5.92 Å². The minimum Gasteiger partial charge on any atom is -0.356 e. The van der Waals surface area contributed by atoms with Crippen molar-refractivity contribution in [1.82, 2.24) is 4.98 Å². The summed E-state index contributed by atoms with van der Waals surface area (Å²) < 4.78 is 0. The summed E-state index contributed by atoms with van der Waals surface area (Å²) >= 11 is 0. The van der Waals surface area contributed by atoms with E-state index in [1.165, 1.54) is 24.6 Å². The third kappa shape index (κ3) is 2.30. The number of hydrogen-bond donors (Lipinski definition) is 1. The summed E-state index contributed by atoms with van der Waals surface area (Å²) in [6.45, 7) is 0.780. The maximum absolute atomic E-state index is 5.88. The molecule has 19 heavy (non-hydrogen) atoms. The molecule has 0 radical (unpaired) electrons. The summed E-state index contributed by atoms with van der Waals surface area (Å²) in [6, 6.07) is 13.1. The molecule has 1 fully saturated rings. The molecule has 3 rings (SSSR count). The van der Waals surface area contributed by atoms with Crippen LogP contribution in [0.25, 0.3) is 10.9 Å². The van der Waals surface area contributed by atoms with Crippen molar-refractivity contribution in [2.45, 2.75) is 25.3 Å². The zero-order chi connectivity index (χ0) is 13.2. The van der Waals surface area contributed by atoms with Crippen LogP contribution < -0.4 is 10.6 Å². The van der Waals surface area contributed by atoms with Gasteiger partial charge in [-0.15, -0.1) is 0 Å². The maximum Gasteiger partial charge on any atom is 0.129 e. The van der Waals surface area contributed by atoms with Crippen molar-refractivity contribution in [3.05, 3.63) is 36.4 Å². The van der Waals surface area contributed by atoms with Crippen molar-refractivity contribution in [1.29, 1.82) is 0 Å². The molecule has 2 atom stereocenters. The Morgan fingerprint density at radius 2 is 2.05 bits per heavy atom. The van der Waals surface area contributed by atoms with Crippen molar-refractivity contribution in [2.75, 3.05) is 18.5 Å². The van der Waals surface area contributed by atoms with E-state index in [0.717, 1.165) is 17.9 Å². The minimum absolute atomic E-state index is 0.540. The Morgan fingerprint density at radius 3 is 2.89 bits per heavy atom. The lowest BCUT2D eigenvalue weighted by molar-refractivity contribution is 0.472. The first-order valence-electron chi connectivity index (χ1n) is 7.08. The minimum atomic E-state index is 0.540. The van der Waals surface area contributed by atoms with Gasteiger partial charge in [0.2, 0.25) is 0 Å². The van der Waals surface area contributed by atoms with Crippen LogP contribution >= 0.6 is 0 Å². The lowest BCUT2D eigenvalue weighted by atomic mass is 10.0. The fourth-order valence-electron chi connectivity index (χ4n) is 3.22. The average molecular weight is 255 g/mol. The summed E-state index contributed by atoms with van der Waals surface area (Å²) in [7, 11) is 2.15. The first kappa shape index (κ1) is 12.4. The van der Waals surface area contributed by atoms with Gasteiger partial charge in [-0.1, -0.05) is 24.6 Å². The zero-order valence-corrected chi connectivity index (χ0v) is 11.4. The van der Waals surface area contributed by atoms with Crippen molar-refractivity contribution in [3.63, 3.8) is 0 Å². The van der Waals surface area contributed by atoms with Crippen LogP contribution in [0.15, 0.2) is 36.4 Å². The Morgan fingerprint density at radius 1 is 1.21 bits per heavy atom. The van der Waals surface area contributed by atoms with E-state index >= 15 is 0 Å². The predicted octanol–water partition coefficient (Wildman–Crippen LogP) is 2.80. The standard InChI is InChI=1S/C16H21N3/c1-19(15-8-4-6-13(15)11-17)16-10-9-12-5-2-3-7-14(12)18-16/h2-3,5,7,9-10,13,15H,4,6,8,11,17H2,1H3. The highest BCUT2D eigenvalue weighted by Crippen LogP contribution is 2.31. The molecule has 0 aliphatic heterocycles. The summed E-state index contributed by atoms with van der Waals surface area (Å²) in [6.07, 6.45) is 3.76. The van der Waals surface area contributed by atoms with Gasteiger partial charge in [-0.3, -0.25) is 0 Å². The molecular formula is C16H21N3. The summed E-state index contributed by atoms with van der Waals surface area (Å²) in [4.78, 5) is 7.09. The van der Waals surface area contributed by atoms with Gasteiger partial charge < -0.3 is 10.6 Å². The van der Waals surface area contributed by atoms with Crippen LogP contribution in [-0.4, -0.2) is 24.6 Å². The number of rotatable bonds is 3. The Labute approximate surface area is 114 Å². The van der Waals surface area contributed by atoms with Crippen LogP contribution in [0.5, 0.6) is 0 Å². The molecule has 2 aromatic rings. The largest absolute Gasteiger partial charge is 0.356 e. The molecule has 2 N–H and O–H groups in total. The summed E-state index contributed by atoms with van der Waals surface area (Å²) in [5.74, 6) is 1.67. The van der Waals surface area contributed by atoms with E-state index in [9.17, 15) is 0 Å². The average Bonchev–Trinajstić information content (AvgIpc) is 2.94. The van der Waals surface area contributed by atoms with Gasteiger partial charge in [0.25, 0.3) is 0 Å². The number of nitrogens with two attached hydrogens (primary N) is 1. The molecule has 1 aliphatic rings. The molecule has 3 heteroatoms. The van der Waals surface area contributed by atoms with Crippen molar-refractivity contribution < 1.29 is 0 Å². The van der Waals surface area contributed by atoms with Crippen molar-refractivity contribution in [3.8, 4) is 0 Å². The van der Waals surface area contributed by atoms with E-state index in [0.29, 0.717) is 12.0 Å². The number of anilines is 1. The van der Waals surface area contributed by atoms with E-state index < -0.39 is 0 Å². The van der Waals surface area contributed by atoms with Crippen LogP contribution in [0.3, 0.4) is 0 Å². The Bertz CT molecular complexity index is 567. The number of aromatic nitrogens is 1. The first-order valence-corrected chi connectivity index (χ1v) is 7.08. The smallest absolute Gasteiger partial charge is 0.129 e. The number of benzene rings is 1. The van der Waals surface area contributed by atoms with Gasteiger partial charge >= 0.3 is 0 Å². The Balaban J connectivity index is 1.90. The molecule has 1 heterocycles. The molecule has 0 amide bonds. The fraction of sp³-hybridized carbons (Fsp3) is 0.438. The highest BCUT2D eigenvalue weighted by atomic mass is 15.2. The Kier molecular flexibility index (Phi) is 3.38. The van der Waals surface area contributed by atoms with Crippen LogP contribution in [0.2, 0.25) is 0 Å². The molecule has 100 valence electrons. The second-order valence-corrected chi connectivity index (χ2v) is 5.47. The van der Waals surface area contributed by atoms with E-state index in [-0.39, 0.29) is 0 Å². The van der Waals surface area contributed by atoms with Gasteiger partial charge in [0.1, 0.15) is 5.82 Å². The second kappa shape index (κ2) is 5.17. The molecule has 1 aromatic heterocycles. The first-order chi connectivity index (χ1) is 9.29. The number of nitrogens with zero attached hydrogens (tertiary/aromatic N) is 2. The zero-order valence-electron chi connectivity index (χ0n) is 11.4. The topological polar surface area (TPSA) is 42.2 Å². The maximum atomic E-state index is 5.88. The van der Waals surface area contributed by atoms with Crippen LogP contribution in [0.4, 0.5) is 5.82 Å². The quantitative estimate of drug-likeness (QED) is 0.917. The lowest BCUT2D eigenvalue weighted by Gasteiger charge is -2.30. The number of para-hydroxylation sites is 1. The van der Waals surface area contributed by atoms with E-state index in [2.05, 4.69) is 42.3 Å². The third-order valence-corrected chi connectivity index (χ3v) is 4.36. The number of fused-ring (bicyclic) bond motifs is 1. The fourth-order valence-corrected chi connectivity index (χ4v) is 3.22.